The lowest BCUT2D eigenvalue weighted by atomic mass is 10.0. The van der Waals surface area contributed by atoms with Gasteiger partial charge in [-0.1, -0.05) is 18.9 Å². The zero-order chi connectivity index (χ0) is 12.1. The topological polar surface area (TPSA) is 57.2 Å². The van der Waals surface area contributed by atoms with Crippen LogP contribution in [-0.4, -0.2) is 23.3 Å². The van der Waals surface area contributed by atoms with E-state index in [4.69, 9.17) is 10.5 Å². The SMILES string of the molecule is NCC1(OCCn2ccccc2=O)CCCC1. The molecule has 0 atom stereocenters. The Morgan fingerprint density at radius 1 is 1.35 bits per heavy atom. The van der Waals surface area contributed by atoms with Crippen LogP contribution in [0.3, 0.4) is 0 Å². The third-order valence-electron chi connectivity index (χ3n) is 3.53. The van der Waals surface area contributed by atoms with Crippen molar-refractivity contribution in [1.82, 2.24) is 4.57 Å². The van der Waals surface area contributed by atoms with Crippen LogP contribution in [0.1, 0.15) is 25.7 Å². The lowest BCUT2D eigenvalue weighted by Gasteiger charge is -2.27. The van der Waals surface area contributed by atoms with E-state index in [2.05, 4.69) is 0 Å². The highest BCUT2D eigenvalue weighted by molar-refractivity contribution is 4.93. The quantitative estimate of drug-likeness (QED) is 0.834. The number of ether oxygens (including phenoxy) is 1. The van der Waals surface area contributed by atoms with Crippen LogP contribution in [0, 0.1) is 0 Å². The molecule has 0 aliphatic heterocycles. The standard InChI is InChI=1S/C13H20N2O2/c14-11-13(6-2-3-7-13)17-10-9-15-8-4-1-5-12(15)16/h1,4-5,8H,2-3,6-7,9-11,14H2. The summed E-state index contributed by atoms with van der Waals surface area (Å²) in [5.41, 5.74) is 5.68. The van der Waals surface area contributed by atoms with Gasteiger partial charge in [-0.2, -0.15) is 0 Å². The van der Waals surface area contributed by atoms with Gasteiger partial charge in [0.2, 0.25) is 0 Å². The molecule has 4 heteroatoms. The molecule has 0 amide bonds. The van der Waals surface area contributed by atoms with Crippen molar-refractivity contribution < 1.29 is 4.74 Å². The molecule has 0 saturated heterocycles. The number of nitrogens with two attached hydrogens (primary N) is 1. The summed E-state index contributed by atoms with van der Waals surface area (Å²) >= 11 is 0. The maximum Gasteiger partial charge on any atom is 0.250 e. The van der Waals surface area contributed by atoms with Crippen LogP contribution in [0.15, 0.2) is 29.2 Å². The molecular weight excluding hydrogens is 216 g/mol. The van der Waals surface area contributed by atoms with Crippen LogP contribution in [0.2, 0.25) is 0 Å². The minimum atomic E-state index is -0.127. The van der Waals surface area contributed by atoms with Crippen LogP contribution >= 0.6 is 0 Å². The van der Waals surface area contributed by atoms with Crippen molar-refractivity contribution in [2.24, 2.45) is 5.73 Å². The van der Waals surface area contributed by atoms with Crippen LogP contribution in [0.25, 0.3) is 0 Å². The van der Waals surface area contributed by atoms with Gasteiger partial charge in [0.15, 0.2) is 0 Å². The van der Waals surface area contributed by atoms with Gasteiger partial charge in [0, 0.05) is 25.4 Å². The van der Waals surface area contributed by atoms with Gasteiger partial charge >= 0.3 is 0 Å². The Morgan fingerprint density at radius 3 is 2.76 bits per heavy atom. The van der Waals surface area contributed by atoms with Gasteiger partial charge in [-0.15, -0.1) is 0 Å². The van der Waals surface area contributed by atoms with E-state index < -0.39 is 0 Å². The molecule has 1 fully saturated rings. The first-order valence-electron chi connectivity index (χ1n) is 6.25. The summed E-state index contributed by atoms with van der Waals surface area (Å²) < 4.78 is 7.58. The fraction of sp³-hybridized carbons (Fsp3) is 0.615. The van der Waals surface area contributed by atoms with Gasteiger partial charge in [-0.3, -0.25) is 4.79 Å². The average molecular weight is 236 g/mol. The zero-order valence-corrected chi connectivity index (χ0v) is 10.1. The van der Waals surface area contributed by atoms with Crippen LogP contribution in [0.5, 0.6) is 0 Å². The molecule has 2 N–H and O–H groups in total. The average Bonchev–Trinajstić information content (AvgIpc) is 2.81. The smallest absolute Gasteiger partial charge is 0.250 e. The van der Waals surface area contributed by atoms with E-state index in [0.29, 0.717) is 19.7 Å². The number of hydrogen-bond acceptors (Lipinski definition) is 3. The largest absolute Gasteiger partial charge is 0.372 e. The Labute approximate surface area is 101 Å². The highest BCUT2D eigenvalue weighted by Gasteiger charge is 2.33. The molecule has 1 saturated carbocycles. The van der Waals surface area contributed by atoms with E-state index in [9.17, 15) is 4.79 Å². The number of pyridine rings is 1. The molecule has 1 aromatic heterocycles. The highest BCUT2D eigenvalue weighted by Crippen LogP contribution is 2.32. The van der Waals surface area contributed by atoms with E-state index >= 15 is 0 Å². The fourth-order valence-corrected chi connectivity index (χ4v) is 2.43. The van der Waals surface area contributed by atoms with Crippen molar-refractivity contribution in [2.45, 2.75) is 37.8 Å². The molecule has 1 heterocycles. The number of rotatable bonds is 5. The normalized spacial score (nSPS) is 18.4. The van der Waals surface area contributed by atoms with E-state index in [1.807, 2.05) is 6.07 Å². The van der Waals surface area contributed by atoms with Crippen LogP contribution < -0.4 is 11.3 Å². The van der Waals surface area contributed by atoms with E-state index in [0.717, 1.165) is 12.8 Å². The summed E-state index contributed by atoms with van der Waals surface area (Å²) in [5.74, 6) is 0. The first-order valence-corrected chi connectivity index (χ1v) is 6.25. The van der Waals surface area contributed by atoms with Crippen molar-refractivity contribution >= 4 is 0 Å². The summed E-state index contributed by atoms with van der Waals surface area (Å²) in [6, 6.07) is 5.17. The van der Waals surface area contributed by atoms with Gasteiger partial charge in [-0.05, 0) is 18.9 Å². The molecule has 0 bridgehead atoms. The molecule has 1 aromatic rings. The molecular formula is C13H20N2O2. The summed E-state index contributed by atoms with van der Waals surface area (Å²) in [5, 5.41) is 0. The summed E-state index contributed by atoms with van der Waals surface area (Å²) in [7, 11) is 0. The predicted octanol–water partition coefficient (Wildman–Crippen LogP) is 1.14. The lowest BCUT2D eigenvalue weighted by Crippen LogP contribution is -2.39. The summed E-state index contributed by atoms with van der Waals surface area (Å²) in [4.78, 5) is 11.5. The molecule has 2 rings (SSSR count). The van der Waals surface area contributed by atoms with Crippen molar-refractivity contribution in [1.29, 1.82) is 0 Å². The zero-order valence-electron chi connectivity index (χ0n) is 10.1. The van der Waals surface area contributed by atoms with Crippen molar-refractivity contribution in [3.05, 3.63) is 34.7 Å². The number of nitrogens with zero attached hydrogens (tertiary/aromatic N) is 1. The van der Waals surface area contributed by atoms with Gasteiger partial charge in [0.05, 0.1) is 12.2 Å². The lowest BCUT2D eigenvalue weighted by molar-refractivity contribution is -0.0371. The molecule has 0 unspecified atom stereocenters. The van der Waals surface area contributed by atoms with Gasteiger partial charge in [0.25, 0.3) is 5.56 Å². The van der Waals surface area contributed by atoms with Crippen LogP contribution in [-0.2, 0) is 11.3 Å². The Bertz CT molecular complexity index is 408. The van der Waals surface area contributed by atoms with Gasteiger partial charge in [-0.25, -0.2) is 0 Å². The fourth-order valence-electron chi connectivity index (χ4n) is 2.43. The van der Waals surface area contributed by atoms with Crippen molar-refractivity contribution in [2.75, 3.05) is 13.2 Å². The Balaban J connectivity index is 1.87. The number of hydrogen-bond donors (Lipinski definition) is 1. The second-order valence-corrected chi connectivity index (χ2v) is 4.67. The Hall–Kier alpha value is -1.13. The molecule has 0 radical (unpaired) electrons. The van der Waals surface area contributed by atoms with E-state index in [1.165, 1.54) is 12.8 Å². The first-order chi connectivity index (χ1) is 8.26. The molecule has 17 heavy (non-hydrogen) atoms. The van der Waals surface area contributed by atoms with Crippen LogP contribution in [0.4, 0.5) is 0 Å². The first kappa shape index (κ1) is 12.3. The van der Waals surface area contributed by atoms with E-state index in [1.54, 1.807) is 22.9 Å². The predicted molar refractivity (Wildman–Crippen MR) is 66.9 cm³/mol. The molecule has 4 nitrogen and oxygen atoms in total. The van der Waals surface area contributed by atoms with E-state index in [-0.39, 0.29) is 11.2 Å². The van der Waals surface area contributed by atoms with Crippen molar-refractivity contribution in [3.63, 3.8) is 0 Å². The van der Waals surface area contributed by atoms with Crippen molar-refractivity contribution in [3.8, 4) is 0 Å². The maximum atomic E-state index is 11.5. The minimum Gasteiger partial charge on any atom is -0.372 e. The third kappa shape index (κ3) is 2.96. The molecule has 94 valence electrons. The second kappa shape index (κ2) is 5.47. The summed E-state index contributed by atoms with van der Waals surface area (Å²) in [6.45, 7) is 1.74. The molecule has 1 aliphatic rings. The molecule has 1 aliphatic carbocycles. The minimum absolute atomic E-state index is 0.0179. The van der Waals surface area contributed by atoms with Gasteiger partial charge < -0.3 is 15.0 Å². The van der Waals surface area contributed by atoms with Gasteiger partial charge in [0.1, 0.15) is 0 Å². The third-order valence-corrected chi connectivity index (χ3v) is 3.53. The molecule has 0 spiro atoms. The highest BCUT2D eigenvalue weighted by atomic mass is 16.5. The molecule has 0 aromatic carbocycles. The number of aromatic nitrogens is 1. The Morgan fingerprint density at radius 2 is 2.12 bits per heavy atom. The Kier molecular flexibility index (Phi) is 3.97. The maximum absolute atomic E-state index is 11.5. The summed E-state index contributed by atoms with van der Waals surface area (Å²) in [6.07, 6.45) is 6.28. The monoisotopic (exact) mass is 236 g/mol. The second-order valence-electron chi connectivity index (χ2n) is 4.67.